The molecule has 2 aliphatic heterocycles. The average Bonchev–Trinajstić information content (AvgIpc) is 3.63. The van der Waals surface area contributed by atoms with E-state index in [-0.39, 0.29) is 52.5 Å². The first-order valence-electron chi connectivity index (χ1n) is 15.9. The fraction of sp³-hybridized carbons (Fsp3) is 0.412. The Morgan fingerprint density at radius 2 is 1.73 bits per heavy atom. The van der Waals surface area contributed by atoms with Crippen LogP contribution >= 0.6 is 11.6 Å². The van der Waals surface area contributed by atoms with E-state index in [9.17, 15) is 18.0 Å². The van der Waals surface area contributed by atoms with Gasteiger partial charge < -0.3 is 20.1 Å². The van der Waals surface area contributed by atoms with Crippen molar-refractivity contribution in [2.24, 2.45) is 5.73 Å². The van der Waals surface area contributed by atoms with Gasteiger partial charge in [-0.05, 0) is 79.6 Å². The predicted octanol–water partition coefficient (Wildman–Crippen LogP) is 6.48. The lowest BCUT2D eigenvalue weighted by Crippen LogP contribution is -2.37. The van der Waals surface area contributed by atoms with Crippen molar-refractivity contribution in [3.8, 4) is 5.75 Å². The summed E-state index contributed by atoms with van der Waals surface area (Å²) in [5, 5.41) is -0.236. The summed E-state index contributed by atoms with van der Waals surface area (Å²) < 4.78 is 71.9. The first kappa shape index (κ1) is 33.9. The number of nitrogens with two attached hydrogens (primary N) is 1. The summed E-state index contributed by atoms with van der Waals surface area (Å²) in [4.78, 5) is 29.4. The highest BCUT2D eigenvalue weighted by Gasteiger charge is 2.40. The minimum atomic E-state index is -4.71. The minimum absolute atomic E-state index is 0.0692. The summed E-state index contributed by atoms with van der Waals surface area (Å²) >= 11 is 5.90. The molecule has 6 rings (SSSR count). The fourth-order valence-corrected chi connectivity index (χ4v) is 8.38. The van der Waals surface area contributed by atoms with E-state index in [2.05, 4.69) is 0 Å². The van der Waals surface area contributed by atoms with Crippen LogP contribution in [0.25, 0.3) is 0 Å². The molecule has 1 unspecified atom stereocenters. The molecule has 3 aliphatic rings. The molecule has 2 N–H and O–H groups in total. The van der Waals surface area contributed by atoms with Gasteiger partial charge in [-0.1, -0.05) is 30.7 Å². The summed E-state index contributed by atoms with van der Waals surface area (Å²) in [6.45, 7) is 1.90. The van der Waals surface area contributed by atoms with Crippen LogP contribution in [0.15, 0.2) is 53.4 Å². The first-order valence-corrected chi connectivity index (χ1v) is 17.7. The molecule has 3 aromatic rings. The lowest BCUT2D eigenvalue weighted by molar-refractivity contribution is -0.117. The normalized spacial score (nSPS) is 21.0. The predicted molar refractivity (Wildman–Crippen MR) is 178 cm³/mol. The molecule has 2 heterocycles. The van der Waals surface area contributed by atoms with Crippen LogP contribution in [0.5, 0.6) is 5.75 Å². The highest BCUT2D eigenvalue weighted by Crippen LogP contribution is 2.47. The number of methoxy groups -OCH3 is 1. The maximum Gasteiger partial charge on any atom is 0.414 e. The molecule has 3 aromatic carbocycles. The van der Waals surface area contributed by atoms with E-state index >= 15 is 8.78 Å². The van der Waals surface area contributed by atoms with Crippen LogP contribution in [-0.2, 0) is 26.1 Å². The third-order valence-electron chi connectivity index (χ3n) is 9.23. The topological polar surface area (TPSA) is 122 Å². The van der Waals surface area contributed by atoms with Gasteiger partial charge in [0.05, 0.1) is 29.9 Å². The Kier molecular flexibility index (Phi) is 9.56. The van der Waals surface area contributed by atoms with Gasteiger partial charge in [0, 0.05) is 36.5 Å². The second-order valence-electron chi connectivity index (χ2n) is 12.5. The summed E-state index contributed by atoms with van der Waals surface area (Å²) in [6, 6.07) is 10.9. The Balaban J connectivity index is 1.46. The van der Waals surface area contributed by atoms with Crippen LogP contribution in [0.2, 0.25) is 5.02 Å². The van der Waals surface area contributed by atoms with Crippen molar-refractivity contribution >= 4 is 50.7 Å². The van der Waals surface area contributed by atoms with E-state index in [1.54, 1.807) is 24.3 Å². The number of amides is 2. The third-order valence-corrected chi connectivity index (χ3v) is 11.2. The third kappa shape index (κ3) is 6.55. The molecule has 1 aliphatic carbocycles. The summed E-state index contributed by atoms with van der Waals surface area (Å²) in [6.07, 6.45) is 2.65. The molecule has 14 heteroatoms. The SMILES string of the molecule is COc1ccc(CN(c2c(F)cc(Cl)cc2F)S(=O)(=O)c2cc3c(c(N4CCCC4=O)c2)N(C(=O)OC2CCC(N)CC2)CC3C)cc1. The van der Waals surface area contributed by atoms with Gasteiger partial charge in [0.1, 0.15) is 17.5 Å². The molecule has 0 spiro atoms. The molecule has 2 fully saturated rings. The van der Waals surface area contributed by atoms with Gasteiger partial charge in [-0.15, -0.1) is 0 Å². The number of fused-ring (bicyclic) bond motifs is 1. The number of hydrogen-bond acceptors (Lipinski definition) is 7. The molecule has 256 valence electrons. The van der Waals surface area contributed by atoms with Crippen molar-refractivity contribution in [2.75, 3.05) is 34.3 Å². The number of nitrogens with zero attached hydrogens (tertiary/aromatic N) is 3. The van der Waals surface area contributed by atoms with Crippen LogP contribution in [0, 0.1) is 11.6 Å². The van der Waals surface area contributed by atoms with Gasteiger partial charge in [-0.3, -0.25) is 14.0 Å². The first-order chi connectivity index (χ1) is 22.9. The summed E-state index contributed by atoms with van der Waals surface area (Å²) in [5.41, 5.74) is 6.75. The molecule has 1 saturated carbocycles. The van der Waals surface area contributed by atoms with Crippen LogP contribution in [0.1, 0.15) is 62.5 Å². The van der Waals surface area contributed by atoms with E-state index in [1.807, 2.05) is 6.92 Å². The molecule has 0 bridgehead atoms. The van der Waals surface area contributed by atoms with Crippen LogP contribution < -0.4 is 24.6 Å². The van der Waals surface area contributed by atoms with Gasteiger partial charge in [0.25, 0.3) is 10.0 Å². The van der Waals surface area contributed by atoms with Gasteiger partial charge >= 0.3 is 6.09 Å². The van der Waals surface area contributed by atoms with E-state index in [1.165, 1.54) is 29.0 Å². The van der Waals surface area contributed by atoms with E-state index in [0.29, 0.717) is 52.7 Å². The Hall–Kier alpha value is -3.94. The van der Waals surface area contributed by atoms with E-state index in [4.69, 9.17) is 26.8 Å². The summed E-state index contributed by atoms with van der Waals surface area (Å²) in [5.74, 6) is -2.40. The minimum Gasteiger partial charge on any atom is -0.497 e. The van der Waals surface area contributed by atoms with E-state index < -0.39 is 40.0 Å². The van der Waals surface area contributed by atoms with Crippen molar-refractivity contribution in [1.29, 1.82) is 0 Å². The maximum absolute atomic E-state index is 15.5. The number of halogens is 3. The Morgan fingerprint density at radius 3 is 2.33 bits per heavy atom. The molecule has 0 radical (unpaired) electrons. The second-order valence-corrected chi connectivity index (χ2v) is 14.8. The van der Waals surface area contributed by atoms with Gasteiger partial charge in [0.2, 0.25) is 5.91 Å². The zero-order valence-electron chi connectivity index (χ0n) is 26.6. The standard InChI is InChI=1S/C34H37ClF2N4O6S/c1-20-18-40(34(43)47-25-11-7-23(38)8-12-25)32-27(20)16-26(17-30(32)39-13-3-4-31(39)42)48(44,45)41(19-21-5-9-24(46-2)10-6-21)33-28(36)14-22(35)15-29(33)37/h5-6,9-10,14-17,20,23,25H,3-4,7-8,11-13,18-19,38H2,1-2H3. The molecule has 0 aromatic heterocycles. The molecule has 2 amide bonds. The van der Waals surface area contributed by atoms with Gasteiger partial charge in [-0.2, -0.15) is 0 Å². The van der Waals surface area contributed by atoms with Crippen molar-refractivity contribution in [3.05, 3.63) is 76.3 Å². The number of hydrogen-bond donors (Lipinski definition) is 1. The van der Waals surface area contributed by atoms with Crippen LogP contribution in [0.4, 0.5) is 30.6 Å². The van der Waals surface area contributed by atoms with Gasteiger partial charge in [-0.25, -0.2) is 22.0 Å². The molecular weight excluding hydrogens is 666 g/mol. The molecule has 48 heavy (non-hydrogen) atoms. The highest BCUT2D eigenvalue weighted by molar-refractivity contribution is 7.92. The smallest absolute Gasteiger partial charge is 0.414 e. The zero-order chi connectivity index (χ0) is 34.3. The largest absolute Gasteiger partial charge is 0.497 e. The number of rotatable bonds is 8. The molecular formula is C34H37ClF2N4O6S. The molecule has 1 atom stereocenters. The van der Waals surface area contributed by atoms with Crippen molar-refractivity contribution < 1.29 is 36.3 Å². The quantitative estimate of drug-likeness (QED) is 0.285. The number of ether oxygens (including phenoxy) is 2. The van der Waals surface area contributed by atoms with E-state index in [0.717, 1.165) is 25.0 Å². The van der Waals surface area contributed by atoms with Crippen LogP contribution in [-0.4, -0.2) is 52.8 Å². The van der Waals surface area contributed by atoms with Crippen molar-refractivity contribution in [3.63, 3.8) is 0 Å². The molecule has 1 saturated heterocycles. The van der Waals surface area contributed by atoms with Crippen molar-refractivity contribution in [1.82, 2.24) is 0 Å². The summed E-state index contributed by atoms with van der Waals surface area (Å²) in [7, 11) is -3.23. The highest BCUT2D eigenvalue weighted by atomic mass is 35.5. The fourth-order valence-electron chi connectivity index (χ4n) is 6.66. The number of sulfonamides is 1. The maximum atomic E-state index is 15.5. The Labute approximate surface area is 283 Å². The molecule has 10 nitrogen and oxygen atoms in total. The Morgan fingerprint density at radius 1 is 1.06 bits per heavy atom. The zero-order valence-corrected chi connectivity index (χ0v) is 28.2. The lowest BCUT2D eigenvalue weighted by atomic mass is 9.94. The van der Waals surface area contributed by atoms with Gasteiger partial charge in [0.15, 0.2) is 11.6 Å². The van der Waals surface area contributed by atoms with Crippen molar-refractivity contribution in [2.45, 2.75) is 75.0 Å². The van der Waals surface area contributed by atoms with Crippen LogP contribution in [0.3, 0.4) is 0 Å². The Bertz CT molecular complexity index is 1810. The second kappa shape index (κ2) is 13.5. The monoisotopic (exact) mass is 702 g/mol. The average molecular weight is 703 g/mol. The number of carbonyl (C=O) groups is 2. The lowest BCUT2D eigenvalue weighted by Gasteiger charge is -2.30. The number of benzene rings is 3. The number of carbonyl (C=O) groups excluding carboxylic acids is 2. The number of anilines is 3.